The normalized spacial score (nSPS) is 18.1. The molecule has 130 valence electrons. The highest BCUT2D eigenvalue weighted by molar-refractivity contribution is 7.17. The fourth-order valence-corrected chi connectivity index (χ4v) is 3.74. The Labute approximate surface area is 146 Å². The number of hydrogen-bond donors (Lipinski definition) is 1. The molecule has 0 bridgehead atoms. The maximum absolute atomic E-state index is 12.4. The summed E-state index contributed by atoms with van der Waals surface area (Å²) in [4.78, 5) is 14.6. The van der Waals surface area contributed by atoms with E-state index in [0.717, 1.165) is 49.2 Å². The van der Waals surface area contributed by atoms with Crippen molar-refractivity contribution in [3.63, 3.8) is 0 Å². The lowest BCUT2D eigenvalue weighted by Crippen LogP contribution is -2.43. The van der Waals surface area contributed by atoms with Crippen molar-refractivity contribution >= 4 is 22.4 Å². The largest absolute Gasteiger partial charge is 0.356 e. The molecule has 0 aromatic carbocycles. The highest BCUT2D eigenvalue weighted by Crippen LogP contribution is 2.27. The van der Waals surface area contributed by atoms with Gasteiger partial charge < -0.3 is 10.2 Å². The molecule has 7 heteroatoms. The van der Waals surface area contributed by atoms with Crippen LogP contribution in [0, 0.1) is 11.8 Å². The first-order chi connectivity index (χ1) is 11.6. The van der Waals surface area contributed by atoms with Gasteiger partial charge in [-0.15, -0.1) is 10.2 Å². The van der Waals surface area contributed by atoms with Crippen molar-refractivity contribution in [2.24, 2.45) is 11.8 Å². The van der Waals surface area contributed by atoms with Gasteiger partial charge >= 0.3 is 0 Å². The molecule has 2 aromatic rings. The summed E-state index contributed by atoms with van der Waals surface area (Å²) in [6, 6.07) is 3.94. The van der Waals surface area contributed by atoms with E-state index >= 15 is 0 Å². The van der Waals surface area contributed by atoms with Gasteiger partial charge in [-0.2, -0.15) is 0 Å². The number of piperidine rings is 1. The van der Waals surface area contributed by atoms with Crippen molar-refractivity contribution in [1.82, 2.24) is 20.1 Å². The number of anilines is 1. The Balaban J connectivity index is 1.58. The van der Waals surface area contributed by atoms with Crippen molar-refractivity contribution in [3.8, 4) is 5.13 Å². The lowest BCUT2D eigenvalue weighted by molar-refractivity contribution is -0.125. The minimum absolute atomic E-state index is 0.0461. The number of carbonyl (C=O) groups excluding carboxylic acids is 1. The maximum atomic E-state index is 12.4. The first-order valence-corrected chi connectivity index (χ1v) is 9.44. The molecule has 1 amide bonds. The lowest BCUT2D eigenvalue weighted by Gasteiger charge is -2.31. The van der Waals surface area contributed by atoms with E-state index in [1.807, 2.05) is 29.1 Å². The summed E-state index contributed by atoms with van der Waals surface area (Å²) in [5.41, 5.74) is 0. The van der Waals surface area contributed by atoms with Crippen LogP contribution in [0.4, 0.5) is 5.13 Å². The minimum atomic E-state index is 0.0461. The molecule has 0 aliphatic carbocycles. The van der Waals surface area contributed by atoms with Gasteiger partial charge in [0.05, 0.1) is 5.92 Å². The average Bonchev–Trinajstić information content (AvgIpc) is 3.25. The van der Waals surface area contributed by atoms with Gasteiger partial charge in [0, 0.05) is 32.0 Å². The van der Waals surface area contributed by atoms with Crippen LogP contribution < -0.4 is 10.2 Å². The van der Waals surface area contributed by atoms with Crippen LogP contribution in [0.5, 0.6) is 0 Å². The third-order valence-electron chi connectivity index (χ3n) is 4.31. The van der Waals surface area contributed by atoms with Crippen LogP contribution in [0.15, 0.2) is 24.5 Å². The number of rotatable bonds is 6. The Kier molecular flexibility index (Phi) is 5.50. The van der Waals surface area contributed by atoms with E-state index in [0.29, 0.717) is 5.92 Å². The molecular formula is C17H25N5OS. The van der Waals surface area contributed by atoms with Crippen LogP contribution in [-0.2, 0) is 4.79 Å². The second-order valence-corrected chi connectivity index (χ2v) is 7.65. The van der Waals surface area contributed by atoms with E-state index in [9.17, 15) is 4.79 Å². The number of nitrogens with zero attached hydrogens (tertiary/aromatic N) is 4. The van der Waals surface area contributed by atoms with Gasteiger partial charge in [0.15, 0.2) is 0 Å². The van der Waals surface area contributed by atoms with Gasteiger partial charge in [0.1, 0.15) is 0 Å². The van der Waals surface area contributed by atoms with E-state index < -0.39 is 0 Å². The summed E-state index contributed by atoms with van der Waals surface area (Å²) >= 11 is 1.57. The van der Waals surface area contributed by atoms with Crippen LogP contribution in [0.2, 0.25) is 0 Å². The first kappa shape index (κ1) is 17.0. The Hall–Kier alpha value is -1.89. The van der Waals surface area contributed by atoms with E-state index in [-0.39, 0.29) is 11.8 Å². The number of hydrogen-bond acceptors (Lipinski definition) is 5. The monoisotopic (exact) mass is 347 g/mol. The fourth-order valence-electron chi connectivity index (χ4n) is 2.90. The summed E-state index contributed by atoms with van der Waals surface area (Å²) in [6.45, 7) is 6.78. The Morgan fingerprint density at radius 3 is 2.83 bits per heavy atom. The third kappa shape index (κ3) is 4.14. The second kappa shape index (κ2) is 7.79. The molecule has 1 atom stereocenters. The molecule has 3 heterocycles. The van der Waals surface area contributed by atoms with E-state index in [1.165, 1.54) is 0 Å². The van der Waals surface area contributed by atoms with Crippen LogP contribution in [0.25, 0.3) is 5.13 Å². The van der Waals surface area contributed by atoms with E-state index in [2.05, 4.69) is 34.3 Å². The molecule has 0 spiro atoms. The topological polar surface area (TPSA) is 63.1 Å². The van der Waals surface area contributed by atoms with Gasteiger partial charge in [-0.05, 0) is 37.3 Å². The van der Waals surface area contributed by atoms with Crippen LogP contribution >= 0.6 is 11.3 Å². The molecule has 1 saturated heterocycles. The smallest absolute Gasteiger partial charge is 0.224 e. The van der Waals surface area contributed by atoms with Gasteiger partial charge in [0.2, 0.25) is 16.2 Å². The molecular weight excluding hydrogens is 322 g/mol. The number of amides is 1. The third-order valence-corrected chi connectivity index (χ3v) is 5.31. The molecule has 1 aliphatic heterocycles. The quantitative estimate of drug-likeness (QED) is 0.873. The predicted molar refractivity (Wildman–Crippen MR) is 96.6 cm³/mol. The summed E-state index contributed by atoms with van der Waals surface area (Å²) in [7, 11) is 0. The average molecular weight is 347 g/mol. The molecule has 2 aromatic heterocycles. The molecule has 1 aliphatic rings. The summed E-state index contributed by atoms with van der Waals surface area (Å²) in [5.74, 6) is 0.835. The molecule has 0 radical (unpaired) electrons. The zero-order valence-corrected chi connectivity index (χ0v) is 15.1. The SMILES string of the molecule is CC(C)CCNC(=O)[C@H]1CCCN(c2nnc(-n3cccc3)s2)C1. The molecule has 1 N–H and O–H groups in total. The second-order valence-electron chi connectivity index (χ2n) is 6.72. The lowest BCUT2D eigenvalue weighted by atomic mass is 9.97. The van der Waals surface area contributed by atoms with Crippen molar-refractivity contribution in [3.05, 3.63) is 24.5 Å². The predicted octanol–water partition coefficient (Wildman–Crippen LogP) is 2.71. The molecule has 24 heavy (non-hydrogen) atoms. The molecule has 1 fully saturated rings. The zero-order chi connectivity index (χ0) is 16.9. The number of aromatic nitrogens is 3. The highest BCUT2D eigenvalue weighted by Gasteiger charge is 2.27. The zero-order valence-electron chi connectivity index (χ0n) is 14.3. The fraction of sp³-hybridized carbons (Fsp3) is 0.588. The Morgan fingerprint density at radius 1 is 1.33 bits per heavy atom. The van der Waals surface area contributed by atoms with Crippen LogP contribution in [-0.4, -0.2) is 40.3 Å². The number of carbonyl (C=O) groups is 1. The molecule has 6 nitrogen and oxygen atoms in total. The van der Waals surface area contributed by atoms with Crippen molar-refractivity contribution < 1.29 is 4.79 Å². The highest BCUT2D eigenvalue weighted by atomic mass is 32.1. The van der Waals surface area contributed by atoms with E-state index in [4.69, 9.17) is 0 Å². The molecule has 3 rings (SSSR count). The summed E-state index contributed by atoms with van der Waals surface area (Å²) in [5, 5.41) is 13.4. The summed E-state index contributed by atoms with van der Waals surface area (Å²) < 4.78 is 1.96. The van der Waals surface area contributed by atoms with Crippen molar-refractivity contribution in [1.29, 1.82) is 0 Å². The summed E-state index contributed by atoms with van der Waals surface area (Å²) in [6.07, 6.45) is 6.92. The molecule has 0 saturated carbocycles. The van der Waals surface area contributed by atoms with Crippen LogP contribution in [0.3, 0.4) is 0 Å². The van der Waals surface area contributed by atoms with Crippen LogP contribution in [0.1, 0.15) is 33.1 Å². The Morgan fingerprint density at radius 2 is 2.08 bits per heavy atom. The molecule has 0 unspecified atom stereocenters. The van der Waals surface area contributed by atoms with E-state index in [1.54, 1.807) is 11.3 Å². The number of nitrogens with one attached hydrogen (secondary N) is 1. The minimum Gasteiger partial charge on any atom is -0.356 e. The van der Waals surface area contributed by atoms with Crippen molar-refractivity contribution in [2.45, 2.75) is 33.1 Å². The van der Waals surface area contributed by atoms with Crippen molar-refractivity contribution in [2.75, 3.05) is 24.5 Å². The van der Waals surface area contributed by atoms with Gasteiger partial charge in [-0.3, -0.25) is 9.36 Å². The van der Waals surface area contributed by atoms with Gasteiger partial charge in [-0.1, -0.05) is 25.2 Å². The maximum Gasteiger partial charge on any atom is 0.224 e. The van der Waals surface area contributed by atoms with Gasteiger partial charge in [-0.25, -0.2) is 0 Å². The van der Waals surface area contributed by atoms with Gasteiger partial charge in [0.25, 0.3) is 0 Å². The Bertz CT molecular complexity index is 652. The first-order valence-electron chi connectivity index (χ1n) is 8.63. The standard InChI is InChI=1S/C17H25N5OS/c1-13(2)7-8-18-15(23)14-6-5-11-22(12-14)17-20-19-16(24-17)21-9-3-4-10-21/h3-4,9-10,13-14H,5-8,11-12H2,1-2H3,(H,18,23)/t14-/m0/s1.